The molecule has 1 saturated heterocycles. The Morgan fingerprint density at radius 2 is 2.33 bits per heavy atom. The highest BCUT2D eigenvalue weighted by atomic mass is 15.2. The van der Waals surface area contributed by atoms with E-state index in [9.17, 15) is 0 Å². The van der Waals surface area contributed by atoms with Crippen molar-refractivity contribution in [2.45, 2.75) is 32.7 Å². The molecule has 0 aliphatic carbocycles. The molecule has 0 radical (unpaired) electrons. The first-order valence-electron chi connectivity index (χ1n) is 4.80. The highest BCUT2D eigenvalue weighted by Crippen LogP contribution is 2.07. The minimum Gasteiger partial charge on any atom is -0.326 e. The Kier molecular flexibility index (Phi) is 3.76. The van der Waals surface area contributed by atoms with Crippen molar-refractivity contribution in [3.8, 4) is 0 Å². The average molecular weight is 168 g/mol. The van der Waals surface area contributed by atoms with Crippen LogP contribution in [-0.4, -0.2) is 30.6 Å². The van der Waals surface area contributed by atoms with Crippen LogP contribution >= 0.6 is 0 Å². The minimum absolute atomic E-state index is 0.428. The maximum absolute atomic E-state index is 5.80. The molecule has 70 valence electrons. The van der Waals surface area contributed by atoms with Crippen LogP contribution in [0.1, 0.15) is 26.7 Å². The summed E-state index contributed by atoms with van der Waals surface area (Å²) in [6.07, 6.45) is 4.65. The van der Waals surface area contributed by atoms with E-state index in [1.165, 1.54) is 31.5 Å². The molecule has 0 aromatic carbocycles. The van der Waals surface area contributed by atoms with Gasteiger partial charge in [0.25, 0.3) is 0 Å². The summed E-state index contributed by atoms with van der Waals surface area (Å²) >= 11 is 0. The summed E-state index contributed by atoms with van der Waals surface area (Å²) in [7, 11) is 0. The van der Waals surface area contributed by atoms with Gasteiger partial charge in [0, 0.05) is 19.1 Å². The van der Waals surface area contributed by atoms with Crippen molar-refractivity contribution in [1.29, 1.82) is 0 Å². The summed E-state index contributed by atoms with van der Waals surface area (Å²) < 4.78 is 0. The Hall–Kier alpha value is -0.340. The molecule has 2 N–H and O–H groups in total. The van der Waals surface area contributed by atoms with Gasteiger partial charge in [-0.05, 0) is 33.2 Å². The lowest BCUT2D eigenvalue weighted by atomic mass is 10.2. The fourth-order valence-electron chi connectivity index (χ4n) is 1.60. The summed E-state index contributed by atoms with van der Waals surface area (Å²) in [5.74, 6) is 0. The molecule has 1 aliphatic heterocycles. The van der Waals surface area contributed by atoms with Gasteiger partial charge in [-0.1, -0.05) is 11.6 Å². The number of likely N-dealkylation sites (tertiary alicyclic amines) is 1. The predicted molar refractivity (Wildman–Crippen MR) is 53.1 cm³/mol. The highest BCUT2D eigenvalue weighted by Gasteiger charge is 2.17. The molecule has 2 heteroatoms. The number of nitrogens with zero attached hydrogens (tertiary/aromatic N) is 1. The molecule has 1 fully saturated rings. The molecule has 0 aromatic heterocycles. The van der Waals surface area contributed by atoms with E-state index in [1.807, 2.05) is 0 Å². The van der Waals surface area contributed by atoms with E-state index in [1.54, 1.807) is 0 Å². The second kappa shape index (κ2) is 4.63. The Labute approximate surface area is 75.4 Å². The smallest absolute Gasteiger partial charge is 0.0180 e. The van der Waals surface area contributed by atoms with Gasteiger partial charge in [0.15, 0.2) is 0 Å². The van der Waals surface area contributed by atoms with Crippen LogP contribution in [0.3, 0.4) is 0 Å². The summed E-state index contributed by atoms with van der Waals surface area (Å²) in [5, 5.41) is 0. The third kappa shape index (κ3) is 3.37. The van der Waals surface area contributed by atoms with Crippen molar-refractivity contribution in [3.63, 3.8) is 0 Å². The van der Waals surface area contributed by atoms with E-state index in [4.69, 9.17) is 5.73 Å². The van der Waals surface area contributed by atoms with Gasteiger partial charge in [0.05, 0.1) is 0 Å². The van der Waals surface area contributed by atoms with Crippen LogP contribution < -0.4 is 5.73 Å². The normalized spacial score (nSPS) is 24.4. The van der Waals surface area contributed by atoms with E-state index in [2.05, 4.69) is 24.8 Å². The molecule has 1 rings (SSSR count). The molecule has 0 bridgehead atoms. The van der Waals surface area contributed by atoms with E-state index >= 15 is 0 Å². The van der Waals surface area contributed by atoms with Crippen LogP contribution in [0.25, 0.3) is 0 Å². The number of allylic oxidation sites excluding steroid dienone is 1. The van der Waals surface area contributed by atoms with Crippen molar-refractivity contribution in [1.82, 2.24) is 4.90 Å². The topological polar surface area (TPSA) is 29.3 Å². The first-order valence-corrected chi connectivity index (χ1v) is 4.80. The molecule has 0 aromatic rings. The Bertz CT molecular complexity index is 159. The number of hydrogen-bond acceptors (Lipinski definition) is 2. The second-order valence-electron chi connectivity index (χ2n) is 3.92. The summed E-state index contributed by atoms with van der Waals surface area (Å²) in [4.78, 5) is 2.45. The first-order chi connectivity index (χ1) is 5.68. The quantitative estimate of drug-likeness (QED) is 0.645. The van der Waals surface area contributed by atoms with Gasteiger partial charge in [-0.25, -0.2) is 0 Å². The van der Waals surface area contributed by atoms with Gasteiger partial charge in [-0.2, -0.15) is 0 Å². The first kappa shape index (κ1) is 9.75. The van der Waals surface area contributed by atoms with Gasteiger partial charge in [-0.3, -0.25) is 0 Å². The molecule has 0 spiro atoms. The lowest BCUT2D eigenvalue weighted by molar-refractivity contribution is 0.341. The Balaban J connectivity index is 2.12. The van der Waals surface area contributed by atoms with Crippen molar-refractivity contribution >= 4 is 0 Å². The van der Waals surface area contributed by atoms with Crippen molar-refractivity contribution in [2.24, 2.45) is 5.73 Å². The lowest BCUT2D eigenvalue weighted by Gasteiger charge is -2.13. The van der Waals surface area contributed by atoms with E-state index < -0.39 is 0 Å². The zero-order valence-corrected chi connectivity index (χ0v) is 8.21. The number of rotatable bonds is 3. The maximum Gasteiger partial charge on any atom is 0.0180 e. The van der Waals surface area contributed by atoms with Crippen molar-refractivity contribution in [3.05, 3.63) is 11.6 Å². The standard InChI is InChI=1S/C10H20N2/c1-9(2)4-3-6-12-7-5-10(11)8-12/h4,10H,3,5-8,11H2,1-2H3. The molecule has 1 atom stereocenters. The van der Waals surface area contributed by atoms with E-state index in [0.717, 1.165) is 6.54 Å². The van der Waals surface area contributed by atoms with E-state index in [-0.39, 0.29) is 0 Å². The Morgan fingerprint density at radius 3 is 2.83 bits per heavy atom. The predicted octanol–water partition coefficient (Wildman–Crippen LogP) is 1.38. The lowest BCUT2D eigenvalue weighted by Crippen LogP contribution is -2.27. The number of nitrogens with two attached hydrogens (primary N) is 1. The van der Waals surface area contributed by atoms with Gasteiger partial charge in [0.1, 0.15) is 0 Å². The largest absolute Gasteiger partial charge is 0.326 e. The molecular formula is C10H20N2. The molecule has 0 saturated carbocycles. The maximum atomic E-state index is 5.80. The van der Waals surface area contributed by atoms with Crippen molar-refractivity contribution in [2.75, 3.05) is 19.6 Å². The summed E-state index contributed by atoms with van der Waals surface area (Å²) in [6, 6.07) is 0.428. The molecule has 2 nitrogen and oxygen atoms in total. The molecule has 0 amide bonds. The Morgan fingerprint density at radius 1 is 1.58 bits per heavy atom. The van der Waals surface area contributed by atoms with Gasteiger partial charge in [-0.15, -0.1) is 0 Å². The monoisotopic (exact) mass is 168 g/mol. The zero-order chi connectivity index (χ0) is 8.97. The van der Waals surface area contributed by atoms with Crippen LogP contribution in [0.5, 0.6) is 0 Å². The molecule has 12 heavy (non-hydrogen) atoms. The van der Waals surface area contributed by atoms with Crippen molar-refractivity contribution < 1.29 is 0 Å². The minimum atomic E-state index is 0.428. The second-order valence-corrected chi connectivity index (χ2v) is 3.92. The average Bonchev–Trinajstić information content (AvgIpc) is 2.35. The van der Waals surface area contributed by atoms with Crippen LogP contribution in [0.4, 0.5) is 0 Å². The third-order valence-electron chi connectivity index (χ3n) is 2.31. The molecular weight excluding hydrogens is 148 g/mol. The third-order valence-corrected chi connectivity index (χ3v) is 2.31. The van der Waals surface area contributed by atoms with Crippen LogP contribution in [0.2, 0.25) is 0 Å². The summed E-state index contributed by atoms with van der Waals surface area (Å²) in [6.45, 7) is 7.76. The van der Waals surface area contributed by atoms with Gasteiger partial charge < -0.3 is 10.6 Å². The van der Waals surface area contributed by atoms with Crippen LogP contribution in [-0.2, 0) is 0 Å². The summed E-state index contributed by atoms with van der Waals surface area (Å²) in [5.41, 5.74) is 7.21. The highest BCUT2D eigenvalue weighted by molar-refractivity contribution is 4.93. The fraction of sp³-hybridized carbons (Fsp3) is 0.800. The molecule has 1 unspecified atom stereocenters. The zero-order valence-electron chi connectivity index (χ0n) is 8.21. The van der Waals surface area contributed by atoms with Gasteiger partial charge in [0.2, 0.25) is 0 Å². The van der Waals surface area contributed by atoms with Crippen LogP contribution in [0.15, 0.2) is 11.6 Å². The fourth-order valence-corrected chi connectivity index (χ4v) is 1.60. The number of hydrogen-bond donors (Lipinski definition) is 1. The van der Waals surface area contributed by atoms with Crippen LogP contribution in [0, 0.1) is 0 Å². The van der Waals surface area contributed by atoms with E-state index in [0.29, 0.717) is 6.04 Å². The van der Waals surface area contributed by atoms with Gasteiger partial charge >= 0.3 is 0 Å². The molecule has 1 heterocycles. The molecule has 1 aliphatic rings. The SMILES string of the molecule is CC(C)=CCCN1CCC(N)C1.